The SMILES string of the molecule is CC(C)(C)CCNC(=O)[C@H]1CCC2C3CNC4=CC(=O)CC[C@]4(C)C3CC[C@@]21C. The van der Waals surface area contributed by atoms with E-state index in [2.05, 4.69) is 45.3 Å². The molecule has 0 radical (unpaired) electrons. The summed E-state index contributed by atoms with van der Waals surface area (Å²) in [6, 6.07) is 0. The van der Waals surface area contributed by atoms with Crippen LogP contribution >= 0.6 is 0 Å². The number of ketones is 1. The highest BCUT2D eigenvalue weighted by atomic mass is 16.2. The molecule has 2 saturated carbocycles. The highest BCUT2D eigenvalue weighted by molar-refractivity contribution is 5.91. The van der Waals surface area contributed by atoms with Crippen molar-refractivity contribution in [3.63, 3.8) is 0 Å². The zero-order valence-corrected chi connectivity index (χ0v) is 19.1. The van der Waals surface area contributed by atoms with Crippen molar-refractivity contribution in [3.8, 4) is 0 Å². The van der Waals surface area contributed by atoms with Gasteiger partial charge in [-0.1, -0.05) is 34.6 Å². The van der Waals surface area contributed by atoms with Gasteiger partial charge in [0.15, 0.2) is 5.78 Å². The average Bonchev–Trinajstić information content (AvgIpc) is 2.98. The van der Waals surface area contributed by atoms with E-state index in [0.29, 0.717) is 24.2 Å². The molecule has 1 aliphatic heterocycles. The van der Waals surface area contributed by atoms with E-state index in [1.807, 2.05) is 6.08 Å². The number of carbonyl (C=O) groups is 2. The average molecular weight is 401 g/mol. The Kier molecular flexibility index (Phi) is 5.15. The molecule has 4 aliphatic rings. The predicted molar refractivity (Wildman–Crippen MR) is 116 cm³/mol. The molecule has 4 rings (SSSR count). The van der Waals surface area contributed by atoms with Crippen LogP contribution in [0.3, 0.4) is 0 Å². The first-order valence-electron chi connectivity index (χ1n) is 11.8. The van der Waals surface area contributed by atoms with E-state index < -0.39 is 0 Å². The van der Waals surface area contributed by atoms with Crippen molar-refractivity contribution in [2.24, 2.45) is 39.9 Å². The minimum absolute atomic E-state index is 0.116. The maximum absolute atomic E-state index is 13.1. The monoisotopic (exact) mass is 400 g/mol. The Morgan fingerprint density at radius 3 is 2.66 bits per heavy atom. The maximum atomic E-state index is 13.1. The number of fused-ring (bicyclic) bond motifs is 5. The van der Waals surface area contributed by atoms with E-state index in [9.17, 15) is 9.59 Å². The molecule has 3 fully saturated rings. The molecule has 0 bridgehead atoms. The van der Waals surface area contributed by atoms with Gasteiger partial charge in [-0.05, 0) is 67.1 Å². The lowest BCUT2D eigenvalue weighted by Gasteiger charge is -2.58. The Morgan fingerprint density at radius 2 is 1.93 bits per heavy atom. The summed E-state index contributed by atoms with van der Waals surface area (Å²) in [5.41, 5.74) is 1.68. The molecule has 6 atom stereocenters. The molecule has 2 N–H and O–H groups in total. The summed E-state index contributed by atoms with van der Waals surface area (Å²) in [4.78, 5) is 25.1. The minimum Gasteiger partial charge on any atom is -0.387 e. The number of rotatable bonds is 3. The summed E-state index contributed by atoms with van der Waals surface area (Å²) in [5.74, 6) is 2.60. The smallest absolute Gasteiger partial charge is 0.223 e. The zero-order chi connectivity index (χ0) is 21.0. The number of allylic oxidation sites excluding steroid dienone is 2. The van der Waals surface area contributed by atoms with Crippen molar-refractivity contribution in [1.82, 2.24) is 10.6 Å². The number of carbonyl (C=O) groups excluding carboxylic acids is 2. The predicted octanol–water partition coefficient (Wildman–Crippen LogP) is 4.45. The van der Waals surface area contributed by atoms with E-state index in [1.54, 1.807) is 0 Å². The summed E-state index contributed by atoms with van der Waals surface area (Å²) in [6.45, 7) is 13.2. The molecule has 29 heavy (non-hydrogen) atoms. The second-order valence-corrected chi connectivity index (χ2v) is 12.0. The number of hydrogen-bond donors (Lipinski definition) is 2. The minimum atomic E-state index is 0.116. The van der Waals surface area contributed by atoms with Gasteiger partial charge in [-0.3, -0.25) is 9.59 Å². The van der Waals surface area contributed by atoms with Gasteiger partial charge in [0.05, 0.1) is 0 Å². The summed E-state index contributed by atoms with van der Waals surface area (Å²) in [5, 5.41) is 6.92. The lowest BCUT2D eigenvalue weighted by Crippen LogP contribution is -2.57. The fraction of sp³-hybridized carbons (Fsp3) is 0.840. The number of piperidine rings is 1. The normalized spacial score (nSPS) is 41.6. The van der Waals surface area contributed by atoms with E-state index in [1.165, 1.54) is 18.5 Å². The lowest BCUT2D eigenvalue weighted by atomic mass is 9.50. The third kappa shape index (κ3) is 3.55. The van der Waals surface area contributed by atoms with Gasteiger partial charge in [0, 0.05) is 42.6 Å². The molecule has 0 aromatic rings. The van der Waals surface area contributed by atoms with E-state index in [4.69, 9.17) is 0 Å². The molecule has 0 aromatic heterocycles. The molecule has 3 unspecified atom stereocenters. The van der Waals surface area contributed by atoms with Crippen LogP contribution in [-0.2, 0) is 9.59 Å². The fourth-order valence-electron chi connectivity index (χ4n) is 7.26. The first-order chi connectivity index (χ1) is 13.5. The van der Waals surface area contributed by atoms with Gasteiger partial charge in [0.1, 0.15) is 0 Å². The second kappa shape index (κ2) is 7.13. The van der Waals surface area contributed by atoms with Crippen molar-refractivity contribution in [3.05, 3.63) is 11.8 Å². The van der Waals surface area contributed by atoms with Crippen molar-refractivity contribution in [1.29, 1.82) is 0 Å². The quantitative estimate of drug-likeness (QED) is 0.736. The second-order valence-electron chi connectivity index (χ2n) is 12.0. The van der Waals surface area contributed by atoms with Gasteiger partial charge < -0.3 is 10.6 Å². The fourth-order valence-corrected chi connectivity index (χ4v) is 7.26. The summed E-state index contributed by atoms with van der Waals surface area (Å²) in [6.07, 6.45) is 9.10. The zero-order valence-electron chi connectivity index (χ0n) is 19.1. The third-order valence-corrected chi connectivity index (χ3v) is 9.09. The van der Waals surface area contributed by atoms with Crippen LogP contribution in [0.5, 0.6) is 0 Å². The summed E-state index contributed by atoms with van der Waals surface area (Å²) in [7, 11) is 0. The number of amides is 1. The highest BCUT2D eigenvalue weighted by Gasteiger charge is 2.60. The maximum Gasteiger partial charge on any atom is 0.223 e. The van der Waals surface area contributed by atoms with Crippen LogP contribution in [0.1, 0.15) is 79.6 Å². The van der Waals surface area contributed by atoms with Crippen molar-refractivity contribution >= 4 is 11.7 Å². The van der Waals surface area contributed by atoms with Gasteiger partial charge >= 0.3 is 0 Å². The van der Waals surface area contributed by atoms with Crippen LogP contribution in [0, 0.1) is 39.9 Å². The molecule has 162 valence electrons. The van der Waals surface area contributed by atoms with Gasteiger partial charge in [-0.25, -0.2) is 0 Å². The van der Waals surface area contributed by atoms with Crippen LogP contribution in [-0.4, -0.2) is 24.8 Å². The molecule has 0 aromatic carbocycles. The van der Waals surface area contributed by atoms with Gasteiger partial charge in [0.25, 0.3) is 0 Å². The Balaban J connectivity index is 1.48. The topological polar surface area (TPSA) is 58.2 Å². The van der Waals surface area contributed by atoms with Crippen LogP contribution in [0.2, 0.25) is 0 Å². The molecule has 1 heterocycles. The Morgan fingerprint density at radius 1 is 1.17 bits per heavy atom. The standard InChI is InChI=1S/C25H40N2O2/c1-23(2,3)12-13-26-22(29)20-7-6-18-17-15-27-21-14-16(28)8-10-25(21,5)19(17)9-11-24(18,20)4/h14,17-20,27H,6-13,15H2,1-5H3,(H,26,29)/t17?,18?,19?,20-,24+,25-/m1/s1. The third-order valence-electron chi connectivity index (χ3n) is 9.09. The molecule has 4 nitrogen and oxygen atoms in total. The van der Waals surface area contributed by atoms with E-state index in [0.717, 1.165) is 38.8 Å². The van der Waals surface area contributed by atoms with Crippen LogP contribution in [0.4, 0.5) is 0 Å². The van der Waals surface area contributed by atoms with Crippen LogP contribution < -0.4 is 10.6 Å². The van der Waals surface area contributed by atoms with Crippen LogP contribution in [0.25, 0.3) is 0 Å². The van der Waals surface area contributed by atoms with Gasteiger partial charge in [0.2, 0.25) is 5.91 Å². The summed E-state index contributed by atoms with van der Waals surface area (Å²) >= 11 is 0. The lowest BCUT2D eigenvalue weighted by molar-refractivity contribution is -0.132. The Labute approximate surface area is 176 Å². The van der Waals surface area contributed by atoms with Crippen LogP contribution in [0.15, 0.2) is 11.8 Å². The van der Waals surface area contributed by atoms with Gasteiger partial charge in [-0.15, -0.1) is 0 Å². The Bertz CT molecular complexity index is 721. The molecular weight excluding hydrogens is 360 g/mol. The Hall–Kier alpha value is -1.32. The first-order valence-corrected chi connectivity index (χ1v) is 11.8. The highest BCUT2D eigenvalue weighted by Crippen LogP contribution is 2.64. The molecule has 4 heteroatoms. The summed E-state index contributed by atoms with van der Waals surface area (Å²) < 4.78 is 0. The number of nitrogens with one attached hydrogen (secondary N) is 2. The van der Waals surface area contributed by atoms with Crippen molar-refractivity contribution in [2.75, 3.05) is 13.1 Å². The number of hydrogen-bond acceptors (Lipinski definition) is 3. The van der Waals surface area contributed by atoms with E-state index in [-0.39, 0.29) is 33.9 Å². The van der Waals surface area contributed by atoms with Crippen molar-refractivity contribution in [2.45, 2.75) is 79.6 Å². The van der Waals surface area contributed by atoms with Crippen molar-refractivity contribution < 1.29 is 9.59 Å². The molecular formula is C25H40N2O2. The molecule has 1 saturated heterocycles. The van der Waals surface area contributed by atoms with Gasteiger partial charge in [-0.2, -0.15) is 0 Å². The first kappa shape index (κ1) is 20.9. The molecule has 3 aliphatic carbocycles. The molecule has 1 amide bonds. The molecule has 0 spiro atoms. The largest absolute Gasteiger partial charge is 0.387 e. The van der Waals surface area contributed by atoms with E-state index >= 15 is 0 Å².